The third-order valence-corrected chi connectivity index (χ3v) is 6.14. The molecule has 0 spiro atoms. The third kappa shape index (κ3) is 4.51. The number of aromatic nitrogens is 2. The van der Waals surface area contributed by atoms with Crippen LogP contribution in [0.3, 0.4) is 0 Å². The molecular formula is C25H21N3O5S. The van der Waals surface area contributed by atoms with Gasteiger partial charge in [0.1, 0.15) is 5.69 Å². The lowest BCUT2D eigenvalue weighted by molar-refractivity contribution is -0.129. The van der Waals surface area contributed by atoms with E-state index in [1.54, 1.807) is 12.1 Å². The quantitative estimate of drug-likeness (QED) is 0.403. The number of carbonyl (C=O) groups is 2. The van der Waals surface area contributed by atoms with Gasteiger partial charge >= 0.3 is 5.97 Å². The molecule has 8 nitrogen and oxygen atoms in total. The van der Waals surface area contributed by atoms with Crippen molar-refractivity contribution in [2.24, 2.45) is 0 Å². The van der Waals surface area contributed by atoms with E-state index in [9.17, 15) is 9.59 Å². The Hall–Kier alpha value is -4.11. The molecule has 0 fully saturated rings. The lowest BCUT2D eigenvalue weighted by Gasteiger charge is -2.14. The number of benzene rings is 2. The summed E-state index contributed by atoms with van der Waals surface area (Å²) < 4.78 is 17.7. The molecule has 0 saturated heterocycles. The van der Waals surface area contributed by atoms with E-state index in [0.717, 1.165) is 16.1 Å². The topological polar surface area (TPSA) is 91.7 Å². The molecule has 34 heavy (non-hydrogen) atoms. The number of hydrogen-bond donors (Lipinski definition) is 1. The first-order chi connectivity index (χ1) is 16.6. The highest BCUT2D eigenvalue weighted by Gasteiger charge is 2.24. The first-order valence-corrected chi connectivity index (χ1v) is 11.5. The number of amides is 1. The fourth-order valence-electron chi connectivity index (χ4n) is 3.50. The van der Waals surface area contributed by atoms with Gasteiger partial charge < -0.3 is 19.5 Å². The Balaban J connectivity index is 1.29. The van der Waals surface area contributed by atoms with Crippen LogP contribution in [-0.4, -0.2) is 34.6 Å². The number of ether oxygens (including phenoxy) is 3. The van der Waals surface area contributed by atoms with Gasteiger partial charge in [-0.3, -0.25) is 4.79 Å². The SMILES string of the molecule is CC(OC(=O)c1cc(-c2cccs2)nn1-c1ccccc1)C(=O)NCc1ccc2c(c1)OCO2. The molecule has 0 aliphatic carbocycles. The van der Waals surface area contributed by atoms with Crippen molar-refractivity contribution in [1.29, 1.82) is 0 Å². The fraction of sp³-hybridized carbons (Fsp3) is 0.160. The van der Waals surface area contributed by atoms with Crippen LogP contribution in [0, 0.1) is 0 Å². The van der Waals surface area contributed by atoms with Gasteiger partial charge in [-0.1, -0.05) is 30.3 Å². The summed E-state index contributed by atoms with van der Waals surface area (Å²) in [5.74, 6) is 0.274. The number of hydrogen-bond acceptors (Lipinski definition) is 7. The summed E-state index contributed by atoms with van der Waals surface area (Å²) in [6.45, 7) is 1.99. The van der Waals surface area contributed by atoms with Crippen LogP contribution in [0.1, 0.15) is 23.0 Å². The van der Waals surface area contributed by atoms with E-state index < -0.39 is 18.0 Å². The third-order valence-electron chi connectivity index (χ3n) is 5.25. The average Bonchev–Trinajstić information content (AvgIpc) is 3.62. The molecule has 0 radical (unpaired) electrons. The summed E-state index contributed by atoms with van der Waals surface area (Å²) in [7, 11) is 0. The minimum absolute atomic E-state index is 0.186. The zero-order valence-corrected chi connectivity index (χ0v) is 19.1. The van der Waals surface area contributed by atoms with Crippen molar-refractivity contribution < 1.29 is 23.8 Å². The predicted octanol–water partition coefficient (Wildman–Crippen LogP) is 4.19. The number of para-hydroxylation sites is 1. The molecule has 9 heteroatoms. The van der Waals surface area contributed by atoms with Crippen LogP contribution in [-0.2, 0) is 16.1 Å². The van der Waals surface area contributed by atoms with Gasteiger partial charge in [0.25, 0.3) is 5.91 Å². The summed E-state index contributed by atoms with van der Waals surface area (Å²) in [6, 6.07) is 20.3. The Labute approximate surface area is 199 Å². The lowest BCUT2D eigenvalue weighted by Crippen LogP contribution is -2.35. The number of rotatable bonds is 7. The van der Waals surface area contributed by atoms with Crippen molar-refractivity contribution in [3.05, 3.63) is 83.4 Å². The number of fused-ring (bicyclic) bond motifs is 1. The molecule has 3 heterocycles. The van der Waals surface area contributed by atoms with Crippen molar-refractivity contribution in [2.45, 2.75) is 19.6 Å². The molecule has 1 aliphatic heterocycles. The van der Waals surface area contributed by atoms with Crippen LogP contribution in [0.25, 0.3) is 16.3 Å². The molecule has 2 aromatic heterocycles. The molecular weight excluding hydrogens is 454 g/mol. The standard InChI is InChI=1S/C25H21N3O5S/c1-16(24(29)26-14-17-9-10-21-22(12-17)32-15-31-21)33-25(30)20-13-19(23-8-5-11-34-23)27-28(20)18-6-3-2-4-7-18/h2-13,16H,14-15H2,1H3,(H,26,29). The molecule has 2 aromatic carbocycles. The molecule has 1 unspecified atom stereocenters. The monoisotopic (exact) mass is 475 g/mol. The summed E-state index contributed by atoms with van der Waals surface area (Å²) in [5.41, 5.74) is 2.46. The van der Waals surface area contributed by atoms with Crippen molar-refractivity contribution in [3.8, 4) is 27.8 Å². The molecule has 172 valence electrons. The second-order valence-electron chi connectivity index (χ2n) is 7.59. The number of nitrogens with zero attached hydrogens (tertiary/aromatic N) is 2. The number of esters is 1. The van der Waals surface area contributed by atoms with E-state index in [2.05, 4.69) is 10.4 Å². The minimum Gasteiger partial charge on any atom is -0.454 e. The van der Waals surface area contributed by atoms with Gasteiger partial charge in [-0.15, -0.1) is 11.3 Å². The average molecular weight is 476 g/mol. The van der Waals surface area contributed by atoms with Gasteiger partial charge in [-0.2, -0.15) is 5.10 Å². The summed E-state index contributed by atoms with van der Waals surface area (Å²) in [4.78, 5) is 26.6. The smallest absolute Gasteiger partial charge is 0.357 e. The normalized spacial score (nSPS) is 12.9. The first-order valence-electron chi connectivity index (χ1n) is 10.6. The minimum atomic E-state index is -0.995. The van der Waals surface area contributed by atoms with Crippen LogP contribution >= 0.6 is 11.3 Å². The van der Waals surface area contributed by atoms with Crippen LogP contribution in [0.2, 0.25) is 0 Å². The Bertz CT molecular complexity index is 1320. The van der Waals surface area contributed by atoms with E-state index in [1.807, 2.05) is 60.0 Å². The highest BCUT2D eigenvalue weighted by Crippen LogP contribution is 2.32. The van der Waals surface area contributed by atoms with Crippen molar-refractivity contribution >= 4 is 23.2 Å². The highest BCUT2D eigenvalue weighted by molar-refractivity contribution is 7.13. The number of nitrogens with one attached hydrogen (secondary N) is 1. The lowest BCUT2D eigenvalue weighted by atomic mass is 10.2. The van der Waals surface area contributed by atoms with Crippen LogP contribution in [0.15, 0.2) is 72.1 Å². The summed E-state index contributed by atoms with van der Waals surface area (Å²) in [6.07, 6.45) is -0.995. The Kier molecular flexibility index (Phi) is 6.01. The Morgan fingerprint density at radius 1 is 1.09 bits per heavy atom. The van der Waals surface area contributed by atoms with Crippen LogP contribution in [0.5, 0.6) is 11.5 Å². The van der Waals surface area contributed by atoms with Crippen molar-refractivity contribution in [3.63, 3.8) is 0 Å². The molecule has 4 aromatic rings. The van der Waals surface area contributed by atoms with Gasteiger partial charge in [0.2, 0.25) is 6.79 Å². The first kappa shape index (κ1) is 21.7. The predicted molar refractivity (Wildman–Crippen MR) is 126 cm³/mol. The van der Waals surface area contributed by atoms with Crippen LogP contribution in [0.4, 0.5) is 0 Å². The van der Waals surface area contributed by atoms with E-state index >= 15 is 0 Å². The van der Waals surface area contributed by atoms with E-state index in [-0.39, 0.29) is 19.0 Å². The van der Waals surface area contributed by atoms with E-state index in [1.165, 1.54) is 22.9 Å². The largest absolute Gasteiger partial charge is 0.454 e. The van der Waals surface area contributed by atoms with E-state index in [0.29, 0.717) is 17.2 Å². The summed E-state index contributed by atoms with van der Waals surface area (Å²) in [5, 5.41) is 9.34. The van der Waals surface area contributed by atoms with Crippen molar-refractivity contribution in [1.82, 2.24) is 15.1 Å². The molecule has 0 bridgehead atoms. The second kappa shape index (κ2) is 9.40. The maximum atomic E-state index is 13.0. The zero-order valence-electron chi connectivity index (χ0n) is 18.3. The molecule has 5 rings (SSSR count). The van der Waals surface area contributed by atoms with E-state index in [4.69, 9.17) is 14.2 Å². The maximum absolute atomic E-state index is 13.0. The van der Waals surface area contributed by atoms with Gasteiger partial charge in [-0.05, 0) is 48.2 Å². The van der Waals surface area contributed by atoms with Crippen LogP contribution < -0.4 is 14.8 Å². The van der Waals surface area contributed by atoms with Gasteiger partial charge in [0, 0.05) is 12.6 Å². The van der Waals surface area contributed by atoms with Crippen molar-refractivity contribution in [2.75, 3.05) is 6.79 Å². The second-order valence-corrected chi connectivity index (χ2v) is 8.54. The van der Waals surface area contributed by atoms with Gasteiger partial charge in [0.15, 0.2) is 23.3 Å². The molecule has 1 atom stereocenters. The molecule has 1 aliphatic rings. The Morgan fingerprint density at radius 3 is 2.71 bits per heavy atom. The fourth-order valence-corrected chi connectivity index (χ4v) is 4.18. The van der Waals surface area contributed by atoms with Gasteiger partial charge in [0.05, 0.1) is 10.6 Å². The number of thiophene rings is 1. The zero-order chi connectivity index (χ0) is 23.5. The molecule has 0 saturated carbocycles. The molecule has 1 amide bonds. The highest BCUT2D eigenvalue weighted by atomic mass is 32.1. The summed E-state index contributed by atoms with van der Waals surface area (Å²) >= 11 is 1.53. The molecule has 1 N–H and O–H groups in total. The Morgan fingerprint density at radius 2 is 1.91 bits per heavy atom. The van der Waals surface area contributed by atoms with Gasteiger partial charge in [-0.25, -0.2) is 9.48 Å². The maximum Gasteiger partial charge on any atom is 0.357 e. The number of carbonyl (C=O) groups excluding carboxylic acids is 2.